The van der Waals surface area contributed by atoms with Crippen LogP contribution < -0.4 is 5.56 Å². The predicted molar refractivity (Wildman–Crippen MR) is 66.3 cm³/mol. The molecule has 0 aliphatic heterocycles. The van der Waals surface area contributed by atoms with Crippen LogP contribution in [0.5, 0.6) is 0 Å². The molecule has 82 valence electrons. The van der Waals surface area contributed by atoms with E-state index in [0.29, 0.717) is 0 Å². The van der Waals surface area contributed by atoms with Crippen molar-refractivity contribution in [1.82, 2.24) is 4.57 Å². The molecular formula is C14H15NO. The topological polar surface area (TPSA) is 22.0 Å². The lowest BCUT2D eigenvalue weighted by Gasteiger charge is -2.08. The summed E-state index contributed by atoms with van der Waals surface area (Å²) in [6, 6.07) is 9.49. The minimum absolute atomic E-state index is 0.00820. The quantitative estimate of drug-likeness (QED) is 0.714. The Labute approximate surface area is 95.2 Å². The zero-order chi connectivity index (χ0) is 11.7. The smallest absolute Gasteiger partial charge is 0.255 e. The van der Waals surface area contributed by atoms with Gasteiger partial charge < -0.3 is 0 Å². The number of nitrogens with zero attached hydrogens (tertiary/aromatic N) is 1. The molecule has 1 aromatic carbocycles. The van der Waals surface area contributed by atoms with Crippen LogP contribution in [0.1, 0.15) is 16.7 Å². The first kappa shape index (κ1) is 10.7. The highest BCUT2D eigenvalue weighted by molar-refractivity contribution is 5.40. The minimum atomic E-state index is 0.00820. The number of rotatable bonds is 1. The Bertz CT molecular complexity index is 582. The van der Waals surface area contributed by atoms with E-state index in [9.17, 15) is 4.79 Å². The van der Waals surface area contributed by atoms with Crippen molar-refractivity contribution in [3.8, 4) is 5.69 Å². The molecule has 0 atom stereocenters. The molecule has 0 amide bonds. The molecule has 0 unspecified atom stereocenters. The molecule has 0 aliphatic rings. The Morgan fingerprint density at radius 3 is 2.38 bits per heavy atom. The van der Waals surface area contributed by atoms with Gasteiger partial charge >= 0.3 is 0 Å². The van der Waals surface area contributed by atoms with Crippen LogP contribution in [0.2, 0.25) is 0 Å². The molecule has 1 aromatic heterocycles. The zero-order valence-electron chi connectivity index (χ0n) is 9.82. The fraction of sp³-hybridized carbons (Fsp3) is 0.214. The molecule has 0 saturated heterocycles. The second-order valence-corrected chi connectivity index (χ2v) is 4.18. The van der Waals surface area contributed by atoms with Crippen molar-refractivity contribution >= 4 is 0 Å². The molecule has 0 saturated carbocycles. The molecule has 16 heavy (non-hydrogen) atoms. The summed E-state index contributed by atoms with van der Waals surface area (Å²) in [5.41, 5.74) is 4.46. The lowest BCUT2D eigenvalue weighted by atomic mass is 10.1. The van der Waals surface area contributed by atoms with Crippen LogP contribution in [0.25, 0.3) is 5.69 Å². The Morgan fingerprint density at radius 1 is 0.938 bits per heavy atom. The molecule has 0 radical (unpaired) electrons. The third-order valence-corrected chi connectivity index (χ3v) is 2.83. The van der Waals surface area contributed by atoms with Gasteiger partial charge in [0.15, 0.2) is 0 Å². The maximum absolute atomic E-state index is 11.7. The number of aromatic nitrogens is 1. The van der Waals surface area contributed by atoms with Crippen molar-refractivity contribution in [2.24, 2.45) is 0 Å². The largest absolute Gasteiger partial charge is 0.284 e. The predicted octanol–water partition coefficient (Wildman–Crippen LogP) is 2.76. The van der Waals surface area contributed by atoms with Gasteiger partial charge in [0.25, 0.3) is 5.56 Å². The van der Waals surface area contributed by atoms with Crippen molar-refractivity contribution in [3.63, 3.8) is 0 Å². The van der Waals surface area contributed by atoms with E-state index < -0.39 is 0 Å². The van der Waals surface area contributed by atoms with Crippen LogP contribution >= 0.6 is 0 Å². The fourth-order valence-electron chi connectivity index (χ4n) is 1.67. The summed E-state index contributed by atoms with van der Waals surface area (Å²) in [6.07, 6.45) is 1.87. The lowest BCUT2D eigenvalue weighted by molar-refractivity contribution is 0.972. The standard InChI is InChI=1S/C14H15NO/c1-10-4-7-14(16)15(9-10)13-6-5-11(2)12(3)8-13/h4-9H,1-3H3. The molecule has 2 nitrogen and oxygen atoms in total. The summed E-state index contributed by atoms with van der Waals surface area (Å²) < 4.78 is 1.68. The Kier molecular flexibility index (Phi) is 2.65. The molecule has 0 fully saturated rings. The average Bonchev–Trinajstić information content (AvgIpc) is 2.26. The first-order chi connectivity index (χ1) is 7.58. The first-order valence-electron chi connectivity index (χ1n) is 5.35. The van der Waals surface area contributed by atoms with Crippen molar-refractivity contribution in [1.29, 1.82) is 0 Å². The Balaban J connectivity index is 2.63. The van der Waals surface area contributed by atoms with E-state index in [1.54, 1.807) is 10.6 Å². The third kappa shape index (κ3) is 1.91. The van der Waals surface area contributed by atoms with E-state index >= 15 is 0 Å². The summed E-state index contributed by atoms with van der Waals surface area (Å²) >= 11 is 0. The van der Waals surface area contributed by atoms with E-state index in [2.05, 4.69) is 13.8 Å². The highest BCUT2D eigenvalue weighted by Gasteiger charge is 2.01. The van der Waals surface area contributed by atoms with Gasteiger partial charge in [0.1, 0.15) is 0 Å². The molecule has 0 N–H and O–H groups in total. The summed E-state index contributed by atoms with van der Waals surface area (Å²) in [7, 11) is 0. The van der Waals surface area contributed by atoms with Crippen molar-refractivity contribution in [2.45, 2.75) is 20.8 Å². The summed E-state index contributed by atoms with van der Waals surface area (Å²) in [5.74, 6) is 0. The molecule has 2 heteroatoms. The van der Waals surface area contributed by atoms with Gasteiger partial charge in [0.05, 0.1) is 0 Å². The number of hydrogen-bond donors (Lipinski definition) is 0. The fourth-order valence-corrected chi connectivity index (χ4v) is 1.67. The van der Waals surface area contributed by atoms with Crippen molar-refractivity contribution in [3.05, 3.63) is 63.6 Å². The van der Waals surface area contributed by atoms with Gasteiger partial charge in [0.2, 0.25) is 0 Å². The van der Waals surface area contributed by atoms with E-state index in [0.717, 1.165) is 11.3 Å². The number of benzene rings is 1. The van der Waals surface area contributed by atoms with E-state index in [1.165, 1.54) is 11.1 Å². The van der Waals surface area contributed by atoms with Gasteiger partial charge in [-0.2, -0.15) is 0 Å². The molecule has 0 bridgehead atoms. The maximum Gasteiger partial charge on any atom is 0.255 e. The average molecular weight is 213 g/mol. The van der Waals surface area contributed by atoms with Gasteiger partial charge in [-0.1, -0.05) is 12.1 Å². The van der Waals surface area contributed by atoms with E-state index in [1.807, 2.05) is 37.4 Å². The molecule has 2 rings (SSSR count). The number of aryl methyl sites for hydroxylation is 3. The van der Waals surface area contributed by atoms with Crippen LogP contribution in [0, 0.1) is 20.8 Å². The van der Waals surface area contributed by atoms with Crippen molar-refractivity contribution < 1.29 is 0 Å². The maximum atomic E-state index is 11.7. The third-order valence-electron chi connectivity index (χ3n) is 2.83. The summed E-state index contributed by atoms with van der Waals surface area (Å²) in [4.78, 5) is 11.7. The summed E-state index contributed by atoms with van der Waals surface area (Å²) in [5, 5.41) is 0. The van der Waals surface area contributed by atoms with Crippen LogP contribution in [0.15, 0.2) is 41.3 Å². The van der Waals surface area contributed by atoms with Gasteiger partial charge in [-0.3, -0.25) is 9.36 Å². The van der Waals surface area contributed by atoms with Crippen LogP contribution in [0.3, 0.4) is 0 Å². The normalized spacial score (nSPS) is 10.4. The van der Waals surface area contributed by atoms with Gasteiger partial charge in [-0.15, -0.1) is 0 Å². The molecule has 0 aliphatic carbocycles. The summed E-state index contributed by atoms with van der Waals surface area (Å²) in [6.45, 7) is 6.11. The van der Waals surface area contributed by atoms with Crippen LogP contribution in [0.4, 0.5) is 0 Å². The molecule has 0 spiro atoms. The molecule has 1 heterocycles. The SMILES string of the molecule is Cc1ccc(=O)n(-c2ccc(C)c(C)c2)c1. The van der Waals surface area contributed by atoms with Gasteiger partial charge in [0, 0.05) is 18.0 Å². The minimum Gasteiger partial charge on any atom is -0.284 e. The number of pyridine rings is 1. The zero-order valence-corrected chi connectivity index (χ0v) is 9.82. The highest BCUT2D eigenvalue weighted by atomic mass is 16.1. The second kappa shape index (κ2) is 3.97. The van der Waals surface area contributed by atoms with E-state index in [4.69, 9.17) is 0 Å². The number of hydrogen-bond acceptors (Lipinski definition) is 1. The van der Waals surface area contributed by atoms with Crippen LogP contribution in [-0.2, 0) is 0 Å². The Hall–Kier alpha value is -1.83. The highest BCUT2D eigenvalue weighted by Crippen LogP contribution is 2.12. The van der Waals surface area contributed by atoms with E-state index in [-0.39, 0.29) is 5.56 Å². The molecular weight excluding hydrogens is 198 g/mol. The Morgan fingerprint density at radius 2 is 1.69 bits per heavy atom. The van der Waals surface area contributed by atoms with Gasteiger partial charge in [-0.05, 0) is 49.6 Å². The molecule has 2 aromatic rings. The second-order valence-electron chi connectivity index (χ2n) is 4.18. The van der Waals surface area contributed by atoms with Crippen molar-refractivity contribution in [2.75, 3.05) is 0 Å². The first-order valence-corrected chi connectivity index (χ1v) is 5.35. The lowest BCUT2D eigenvalue weighted by Crippen LogP contribution is -2.16. The van der Waals surface area contributed by atoms with Gasteiger partial charge in [-0.25, -0.2) is 0 Å². The monoisotopic (exact) mass is 213 g/mol. The van der Waals surface area contributed by atoms with Crippen LogP contribution in [-0.4, -0.2) is 4.57 Å².